The summed E-state index contributed by atoms with van der Waals surface area (Å²) in [5, 5.41) is 0. The second kappa shape index (κ2) is 7.21. The van der Waals surface area contributed by atoms with Gasteiger partial charge in [0.15, 0.2) is 0 Å². The maximum atomic E-state index is 2.48. The Labute approximate surface area is 132 Å². The van der Waals surface area contributed by atoms with Gasteiger partial charge in [0.25, 0.3) is 0 Å². The molecule has 1 atom stereocenters. The van der Waals surface area contributed by atoms with Crippen molar-refractivity contribution in [3.05, 3.63) is 30.3 Å². The van der Waals surface area contributed by atoms with E-state index < -0.39 is 0 Å². The fourth-order valence-corrected chi connectivity index (χ4v) is 4.46. The van der Waals surface area contributed by atoms with Crippen LogP contribution >= 0.6 is 23.9 Å². The van der Waals surface area contributed by atoms with Gasteiger partial charge in [0, 0.05) is 29.1 Å². The molecule has 2 nitrogen and oxygen atoms in total. The van der Waals surface area contributed by atoms with Gasteiger partial charge in [0.2, 0.25) is 0 Å². The van der Waals surface area contributed by atoms with E-state index in [0.717, 1.165) is 18.3 Å². The van der Waals surface area contributed by atoms with Gasteiger partial charge in [-0.15, -0.1) is 11.8 Å². The predicted octanol–water partition coefficient (Wildman–Crippen LogP) is 4.74. The van der Waals surface area contributed by atoms with Gasteiger partial charge in [-0.1, -0.05) is 32.0 Å². The van der Waals surface area contributed by atoms with Crippen molar-refractivity contribution in [3.8, 4) is 0 Å². The van der Waals surface area contributed by atoms with Crippen LogP contribution in [0.3, 0.4) is 0 Å². The number of nitrogens with zero attached hydrogens (tertiary/aromatic N) is 2. The number of thioether (sulfide) groups is 1. The molecular formula is C16H26N2S2. The molecule has 0 saturated carbocycles. The smallest absolute Gasteiger partial charge is 0.0606 e. The van der Waals surface area contributed by atoms with E-state index in [-0.39, 0.29) is 0 Å². The number of benzene rings is 1. The van der Waals surface area contributed by atoms with Gasteiger partial charge < -0.3 is 0 Å². The molecular weight excluding hydrogens is 284 g/mol. The number of rotatable bonds is 6. The first-order valence-electron chi connectivity index (χ1n) is 7.34. The first-order valence-corrected chi connectivity index (χ1v) is 9.06. The molecule has 0 bridgehead atoms. The molecule has 20 heavy (non-hydrogen) atoms. The summed E-state index contributed by atoms with van der Waals surface area (Å²) in [5.41, 5.74) is 0.312. The normalized spacial score (nSPS) is 24.6. The predicted molar refractivity (Wildman–Crippen MR) is 91.7 cm³/mol. The summed E-state index contributed by atoms with van der Waals surface area (Å²) in [7, 11) is 2.23. The Balaban J connectivity index is 1.83. The van der Waals surface area contributed by atoms with Crippen molar-refractivity contribution in [2.45, 2.75) is 44.0 Å². The second-order valence-electron chi connectivity index (χ2n) is 6.23. The number of likely N-dealkylation sites (N-methyl/N-ethyl adjacent to an activating group) is 1. The molecule has 1 unspecified atom stereocenters. The molecule has 1 aromatic carbocycles. The summed E-state index contributed by atoms with van der Waals surface area (Å²) in [6, 6.07) is 10.7. The highest BCUT2D eigenvalue weighted by Gasteiger charge is 2.39. The lowest BCUT2D eigenvalue weighted by Gasteiger charge is -2.30. The lowest BCUT2D eigenvalue weighted by Crippen LogP contribution is -2.39. The third kappa shape index (κ3) is 4.42. The first kappa shape index (κ1) is 16.2. The molecule has 1 saturated heterocycles. The van der Waals surface area contributed by atoms with E-state index in [0.29, 0.717) is 5.54 Å². The molecule has 0 aromatic heterocycles. The molecule has 4 heteroatoms. The highest BCUT2D eigenvalue weighted by molar-refractivity contribution is 8.01. The van der Waals surface area contributed by atoms with Gasteiger partial charge in [0.05, 0.1) is 5.88 Å². The maximum absolute atomic E-state index is 2.48. The van der Waals surface area contributed by atoms with Crippen molar-refractivity contribution in [2.24, 2.45) is 5.92 Å². The van der Waals surface area contributed by atoms with Crippen LogP contribution in [-0.4, -0.2) is 33.6 Å². The van der Waals surface area contributed by atoms with Crippen LogP contribution in [0, 0.1) is 5.92 Å². The highest BCUT2D eigenvalue weighted by Crippen LogP contribution is 2.39. The third-order valence-corrected chi connectivity index (χ3v) is 6.28. The summed E-state index contributed by atoms with van der Waals surface area (Å²) in [5.74, 6) is 1.84. The zero-order valence-corrected chi connectivity index (χ0v) is 14.6. The molecule has 1 aliphatic rings. The van der Waals surface area contributed by atoms with Gasteiger partial charge in [-0.3, -0.25) is 0 Å². The van der Waals surface area contributed by atoms with E-state index in [4.69, 9.17) is 0 Å². The molecule has 2 rings (SSSR count). The Hall–Kier alpha value is -0.160. The fraction of sp³-hybridized carbons (Fsp3) is 0.625. The van der Waals surface area contributed by atoms with Crippen LogP contribution < -0.4 is 0 Å². The lowest BCUT2D eigenvalue weighted by atomic mass is 9.92. The minimum atomic E-state index is 0.312. The number of hydrogen-bond acceptors (Lipinski definition) is 4. The number of hydrogen-bond donors (Lipinski definition) is 0. The average molecular weight is 311 g/mol. The van der Waals surface area contributed by atoms with Crippen LogP contribution in [-0.2, 0) is 0 Å². The van der Waals surface area contributed by atoms with Crippen LogP contribution in [0.4, 0.5) is 0 Å². The van der Waals surface area contributed by atoms with Gasteiger partial charge >= 0.3 is 0 Å². The van der Waals surface area contributed by atoms with Crippen LogP contribution in [0.5, 0.6) is 0 Å². The van der Waals surface area contributed by atoms with Crippen LogP contribution in [0.25, 0.3) is 0 Å². The summed E-state index contributed by atoms with van der Waals surface area (Å²) >= 11 is 3.81. The summed E-state index contributed by atoms with van der Waals surface area (Å²) < 4.78 is 4.93. The zero-order chi connectivity index (χ0) is 14.6. The van der Waals surface area contributed by atoms with E-state index in [1.165, 1.54) is 17.7 Å². The molecule has 0 N–H and O–H groups in total. The van der Waals surface area contributed by atoms with Gasteiger partial charge in [0.1, 0.15) is 0 Å². The van der Waals surface area contributed by atoms with Crippen LogP contribution in [0.15, 0.2) is 35.2 Å². The molecule has 0 spiro atoms. The average Bonchev–Trinajstić information content (AvgIpc) is 2.71. The summed E-state index contributed by atoms with van der Waals surface area (Å²) in [6.07, 6.45) is 2.59. The maximum Gasteiger partial charge on any atom is 0.0606 e. The van der Waals surface area contributed by atoms with Crippen molar-refractivity contribution in [1.82, 2.24) is 8.61 Å². The van der Waals surface area contributed by atoms with Crippen molar-refractivity contribution in [2.75, 3.05) is 19.5 Å². The van der Waals surface area contributed by atoms with Gasteiger partial charge in [-0.2, -0.15) is 0 Å². The van der Waals surface area contributed by atoms with Gasteiger partial charge in [-0.05, 0) is 44.9 Å². The Morgan fingerprint density at radius 1 is 1.30 bits per heavy atom. The molecule has 112 valence electrons. The van der Waals surface area contributed by atoms with E-state index in [1.54, 1.807) is 0 Å². The van der Waals surface area contributed by atoms with Crippen molar-refractivity contribution < 1.29 is 0 Å². The van der Waals surface area contributed by atoms with Crippen LogP contribution in [0.2, 0.25) is 0 Å². The van der Waals surface area contributed by atoms with Crippen molar-refractivity contribution >= 4 is 23.9 Å². The van der Waals surface area contributed by atoms with Gasteiger partial charge in [-0.25, -0.2) is 8.61 Å². The quantitative estimate of drug-likeness (QED) is 0.553. The Bertz CT molecular complexity index is 410. The topological polar surface area (TPSA) is 6.48 Å². The monoisotopic (exact) mass is 310 g/mol. The lowest BCUT2D eigenvalue weighted by molar-refractivity contribution is 0.232. The van der Waals surface area contributed by atoms with E-state index in [9.17, 15) is 0 Å². The summed E-state index contributed by atoms with van der Waals surface area (Å²) in [6.45, 7) is 8.18. The molecule has 0 aliphatic carbocycles. The minimum absolute atomic E-state index is 0.312. The molecule has 1 aromatic rings. The first-order chi connectivity index (χ1) is 9.49. The Morgan fingerprint density at radius 2 is 2.00 bits per heavy atom. The standard InChI is InChI=1S/C16H26N2S2/c1-14(2)10-11-16(3)12-18(20-17(16)4)13-19-15-8-6-5-7-9-15/h5-9,14H,10-13H2,1-4H3. The Kier molecular flexibility index (Phi) is 5.84. The van der Waals surface area contributed by atoms with Crippen molar-refractivity contribution in [3.63, 3.8) is 0 Å². The molecule has 1 heterocycles. The SMILES string of the molecule is CC(C)CCC1(C)CN(CSc2ccccc2)SN1C. The van der Waals surface area contributed by atoms with E-state index >= 15 is 0 Å². The van der Waals surface area contributed by atoms with E-state index in [2.05, 4.69) is 66.8 Å². The summed E-state index contributed by atoms with van der Waals surface area (Å²) in [4.78, 5) is 1.35. The fourth-order valence-electron chi connectivity index (χ4n) is 2.35. The minimum Gasteiger partial charge on any atom is -0.233 e. The Morgan fingerprint density at radius 3 is 2.65 bits per heavy atom. The van der Waals surface area contributed by atoms with Crippen molar-refractivity contribution in [1.29, 1.82) is 0 Å². The molecule has 0 radical (unpaired) electrons. The van der Waals surface area contributed by atoms with E-state index in [1.807, 2.05) is 23.9 Å². The second-order valence-corrected chi connectivity index (χ2v) is 8.48. The van der Waals surface area contributed by atoms with Crippen LogP contribution in [0.1, 0.15) is 33.6 Å². The largest absolute Gasteiger partial charge is 0.233 e. The molecule has 1 aliphatic heterocycles. The highest BCUT2D eigenvalue weighted by atomic mass is 32.2. The molecule has 0 amide bonds. The zero-order valence-electron chi connectivity index (χ0n) is 13.0. The third-order valence-electron chi connectivity index (χ3n) is 3.89. The molecule has 1 fully saturated rings.